The fraction of sp³-hybridized carbons (Fsp3) is 0.312. The summed E-state index contributed by atoms with van der Waals surface area (Å²) in [4.78, 5) is 20.1. The van der Waals surface area contributed by atoms with Gasteiger partial charge in [0, 0.05) is 22.0 Å². The van der Waals surface area contributed by atoms with Crippen LogP contribution in [-0.2, 0) is 6.42 Å². The first-order valence-corrected chi connectivity index (χ1v) is 7.84. The highest BCUT2D eigenvalue weighted by Gasteiger charge is 2.07. The molecule has 2 heterocycles. The standard InChI is InChI=1S/C16H17N3OS/c1-3-5-13-8-15(20)19-16(18-13)12(4-2)7-14-6-11(9-17)10-21-14/h6-8,10H,3-5H2,1-2H3,(H,18,19,20). The van der Waals surface area contributed by atoms with E-state index < -0.39 is 0 Å². The molecule has 0 saturated heterocycles. The quantitative estimate of drug-likeness (QED) is 0.917. The number of nitrogens with one attached hydrogen (secondary N) is 1. The van der Waals surface area contributed by atoms with Gasteiger partial charge < -0.3 is 4.98 Å². The summed E-state index contributed by atoms with van der Waals surface area (Å²) in [7, 11) is 0. The molecule has 4 nitrogen and oxygen atoms in total. The molecule has 0 amide bonds. The average molecular weight is 299 g/mol. The van der Waals surface area contributed by atoms with Crippen LogP contribution in [0.25, 0.3) is 11.6 Å². The number of allylic oxidation sites excluding steroid dienone is 1. The zero-order chi connectivity index (χ0) is 15.2. The van der Waals surface area contributed by atoms with Crippen molar-refractivity contribution < 1.29 is 0 Å². The lowest BCUT2D eigenvalue weighted by Crippen LogP contribution is -2.12. The molecule has 108 valence electrons. The highest BCUT2D eigenvalue weighted by Crippen LogP contribution is 2.22. The molecule has 0 atom stereocenters. The molecule has 2 rings (SSSR count). The fourth-order valence-electron chi connectivity index (χ4n) is 2.04. The van der Waals surface area contributed by atoms with Crippen molar-refractivity contribution in [1.29, 1.82) is 5.26 Å². The third-order valence-electron chi connectivity index (χ3n) is 3.05. The van der Waals surface area contributed by atoms with Gasteiger partial charge in [-0.1, -0.05) is 20.3 Å². The second kappa shape index (κ2) is 7.00. The Morgan fingerprint density at radius 1 is 1.48 bits per heavy atom. The van der Waals surface area contributed by atoms with Gasteiger partial charge in [-0.3, -0.25) is 4.79 Å². The van der Waals surface area contributed by atoms with Crippen LogP contribution >= 0.6 is 11.3 Å². The van der Waals surface area contributed by atoms with E-state index in [0.717, 1.165) is 35.4 Å². The molecule has 2 aromatic heterocycles. The predicted octanol–water partition coefficient (Wildman–Crippen LogP) is 3.61. The number of H-pyrrole nitrogens is 1. The van der Waals surface area contributed by atoms with Crippen LogP contribution in [0.3, 0.4) is 0 Å². The number of hydrogen-bond acceptors (Lipinski definition) is 4. The van der Waals surface area contributed by atoms with Crippen LogP contribution in [0.5, 0.6) is 0 Å². The van der Waals surface area contributed by atoms with Gasteiger partial charge >= 0.3 is 0 Å². The number of rotatable bonds is 5. The van der Waals surface area contributed by atoms with E-state index in [9.17, 15) is 4.79 Å². The Morgan fingerprint density at radius 3 is 2.90 bits per heavy atom. The van der Waals surface area contributed by atoms with Gasteiger partial charge in [-0.2, -0.15) is 5.26 Å². The maximum atomic E-state index is 11.7. The Balaban J connectivity index is 2.41. The number of aryl methyl sites for hydroxylation is 1. The number of aromatic amines is 1. The van der Waals surface area contributed by atoms with Gasteiger partial charge in [0.25, 0.3) is 5.56 Å². The molecule has 0 fully saturated rings. The predicted molar refractivity (Wildman–Crippen MR) is 86.0 cm³/mol. The van der Waals surface area contributed by atoms with Crippen LogP contribution in [0.1, 0.15) is 48.6 Å². The van der Waals surface area contributed by atoms with E-state index in [1.54, 1.807) is 6.07 Å². The normalized spacial score (nSPS) is 11.4. The molecule has 0 aliphatic carbocycles. The summed E-state index contributed by atoms with van der Waals surface area (Å²) in [5, 5.41) is 10.7. The summed E-state index contributed by atoms with van der Waals surface area (Å²) in [6.07, 6.45) is 4.50. The van der Waals surface area contributed by atoms with E-state index in [1.807, 2.05) is 24.4 Å². The summed E-state index contributed by atoms with van der Waals surface area (Å²) < 4.78 is 0. The number of aromatic nitrogens is 2. The lowest BCUT2D eigenvalue weighted by molar-refractivity contribution is 0.857. The molecule has 0 bridgehead atoms. The molecule has 1 N–H and O–H groups in total. The van der Waals surface area contributed by atoms with E-state index in [0.29, 0.717) is 11.4 Å². The van der Waals surface area contributed by atoms with Crippen LogP contribution in [0, 0.1) is 11.3 Å². The monoisotopic (exact) mass is 299 g/mol. The lowest BCUT2D eigenvalue weighted by Gasteiger charge is -2.06. The zero-order valence-corrected chi connectivity index (χ0v) is 13.0. The molecule has 0 saturated carbocycles. The molecule has 0 unspecified atom stereocenters. The summed E-state index contributed by atoms with van der Waals surface area (Å²) in [6, 6.07) is 5.52. The summed E-state index contributed by atoms with van der Waals surface area (Å²) in [6.45, 7) is 4.09. The van der Waals surface area contributed by atoms with Crippen LogP contribution in [0.2, 0.25) is 0 Å². The molecule has 0 aliphatic heterocycles. The molecule has 0 spiro atoms. The number of hydrogen-bond donors (Lipinski definition) is 1. The smallest absolute Gasteiger partial charge is 0.251 e. The molecular weight excluding hydrogens is 282 g/mol. The Labute approximate surface area is 127 Å². The minimum absolute atomic E-state index is 0.119. The average Bonchev–Trinajstić information content (AvgIpc) is 2.92. The molecule has 2 aromatic rings. The van der Waals surface area contributed by atoms with Crippen LogP contribution < -0.4 is 5.56 Å². The molecule has 5 heteroatoms. The van der Waals surface area contributed by atoms with Crippen molar-refractivity contribution in [3.05, 3.63) is 49.8 Å². The van der Waals surface area contributed by atoms with E-state index in [2.05, 4.69) is 23.0 Å². The Morgan fingerprint density at radius 2 is 2.29 bits per heavy atom. The number of thiophene rings is 1. The first-order valence-electron chi connectivity index (χ1n) is 6.96. The maximum absolute atomic E-state index is 11.7. The highest BCUT2D eigenvalue weighted by atomic mass is 32.1. The molecular formula is C16H17N3OS. The van der Waals surface area contributed by atoms with Crippen LogP contribution in [0.15, 0.2) is 22.3 Å². The van der Waals surface area contributed by atoms with Crippen molar-refractivity contribution in [3.63, 3.8) is 0 Å². The van der Waals surface area contributed by atoms with Gasteiger partial charge in [0.15, 0.2) is 0 Å². The van der Waals surface area contributed by atoms with Crippen molar-refractivity contribution in [2.45, 2.75) is 33.1 Å². The van der Waals surface area contributed by atoms with E-state index in [4.69, 9.17) is 5.26 Å². The van der Waals surface area contributed by atoms with E-state index in [1.165, 1.54) is 11.3 Å². The van der Waals surface area contributed by atoms with E-state index in [-0.39, 0.29) is 5.56 Å². The minimum atomic E-state index is -0.119. The zero-order valence-electron chi connectivity index (χ0n) is 12.1. The van der Waals surface area contributed by atoms with Crippen LogP contribution in [0.4, 0.5) is 0 Å². The molecule has 0 aromatic carbocycles. The SMILES string of the molecule is CCCc1cc(=O)[nH]c(C(=Cc2cc(C#N)cs2)CC)n1. The fourth-order valence-corrected chi connectivity index (χ4v) is 2.83. The lowest BCUT2D eigenvalue weighted by atomic mass is 10.1. The highest BCUT2D eigenvalue weighted by molar-refractivity contribution is 7.11. The Bertz CT molecular complexity index is 749. The van der Waals surface area contributed by atoms with Gasteiger partial charge in [0.1, 0.15) is 11.9 Å². The summed E-state index contributed by atoms with van der Waals surface area (Å²) >= 11 is 1.51. The second-order valence-corrected chi connectivity index (χ2v) is 5.65. The van der Waals surface area contributed by atoms with Gasteiger partial charge in [0.2, 0.25) is 0 Å². The number of nitriles is 1. The molecule has 0 radical (unpaired) electrons. The van der Waals surface area contributed by atoms with Crippen molar-refractivity contribution in [1.82, 2.24) is 9.97 Å². The van der Waals surface area contributed by atoms with Gasteiger partial charge in [-0.15, -0.1) is 11.3 Å². The summed E-state index contributed by atoms with van der Waals surface area (Å²) in [5.41, 5.74) is 2.32. The topological polar surface area (TPSA) is 69.5 Å². The van der Waals surface area contributed by atoms with Gasteiger partial charge in [0.05, 0.1) is 5.56 Å². The Kier molecular flexibility index (Phi) is 5.07. The summed E-state index contributed by atoms with van der Waals surface area (Å²) in [5.74, 6) is 0.625. The largest absolute Gasteiger partial charge is 0.307 e. The van der Waals surface area contributed by atoms with Crippen molar-refractivity contribution in [3.8, 4) is 6.07 Å². The third kappa shape index (κ3) is 3.89. The number of nitrogens with zero attached hydrogens (tertiary/aromatic N) is 2. The minimum Gasteiger partial charge on any atom is -0.307 e. The first kappa shape index (κ1) is 15.2. The third-order valence-corrected chi connectivity index (χ3v) is 3.93. The van der Waals surface area contributed by atoms with Crippen LogP contribution in [-0.4, -0.2) is 9.97 Å². The first-order chi connectivity index (χ1) is 10.2. The van der Waals surface area contributed by atoms with Crippen molar-refractivity contribution >= 4 is 23.0 Å². The van der Waals surface area contributed by atoms with Crippen molar-refractivity contribution in [2.24, 2.45) is 0 Å². The van der Waals surface area contributed by atoms with Gasteiger partial charge in [-0.25, -0.2) is 4.98 Å². The van der Waals surface area contributed by atoms with Gasteiger partial charge in [-0.05, 0) is 30.6 Å². The van der Waals surface area contributed by atoms with E-state index >= 15 is 0 Å². The maximum Gasteiger partial charge on any atom is 0.251 e. The Hall–Kier alpha value is -2.19. The molecule has 21 heavy (non-hydrogen) atoms. The molecule has 0 aliphatic rings. The second-order valence-electron chi connectivity index (χ2n) is 4.71. The van der Waals surface area contributed by atoms with Crippen molar-refractivity contribution in [2.75, 3.05) is 0 Å².